The molecule has 4 aliphatic rings. The van der Waals surface area contributed by atoms with Gasteiger partial charge in [0, 0.05) is 17.4 Å². The van der Waals surface area contributed by atoms with Gasteiger partial charge < -0.3 is 5.11 Å². The topological polar surface area (TPSA) is 61.1 Å². The largest absolute Gasteiger partial charge is 0.377 e. The lowest BCUT2D eigenvalue weighted by Gasteiger charge is -2.53. The second-order valence-electron chi connectivity index (χ2n) is 11.6. The Balaban J connectivity index is 1.43. The molecule has 0 radical (unpaired) electrons. The van der Waals surface area contributed by atoms with E-state index in [2.05, 4.69) is 49.1 Å². The molecular formula is C34H33NO2. The number of ketones is 1. The molecule has 2 saturated carbocycles. The second kappa shape index (κ2) is 8.86. The number of hydrogen-bond acceptors (Lipinski definition) is 3. The van der Waals surface area contributed by atoms with Gasteiger partial charge >= 0.3 is 0 Å². The highest BCUT2D eigenvalue weighted by Crippen LogP contribution is 2.64. The molecule has 1 N–H and O–H groups in total. The van der Waals surface area contributed by atoms with Crippen LogP contribution in [0.15, 0.2) is 66.3 Å². The van der Waals surface area contributed by atoms with Crippen LogP contribution in [0, 0.1) is 52.3 Å². The lowest BCUT2D eigenvalue weighted by atomic mass is 9.52. The van der Waals surface area contributed by atoms with Crippen molar-refractivity contribution in [2.75, 3.05) is 0 Å². The first-order valence-electron chi connectivity index (χ1n) is 13.6. The number of hydrogen-bond donors (Lipinski definition) is 1. The zero-order valence-electron chi connectivity index (χ0n) is 21.6. The lowest BCUT2D eigenvalue weighted by Crippen LogP contribution is -2.51. The standard InChI is InChI=1S/C34H33NO2/c1-3-18-34(37)20-17-30-27-12-13-29-25(26(27)16-19-33(30,34)2)14-15-31(36)32(29)28-7-5-4-6-24(28)23-10-8-22(21-35)9-11-23/h4-13,25-27,30,37H,14-17,19-20H2,1-2H3/t25-,26-,27-,30+,33+,34+/m1/s1. The van der Waals surface area contributed by atoms with Crippen LogP contribution in [0.1, 0.15) is 63.5 Å². The van der Waals surface area contributed by atoms with Crippen LogP contribution < -0.4 is 0 Å². The summed E-state index contributed by atoms with van der Waals surface area (Å²) >= 11 is 0. The zero-order chi connectivity index (χ0) is 25.8. The number of Topliss-reactive ketones (excluding diaryl/α,β-unsaturated/α-hetero) is 1. The summed E-state index contributed by atoms with van der Waals surface area (Å²) in [5.41, 5.74) is 4.68. The number of nitriles is 1. The predicted molar refractivity (Wildman–Crippen MR) is 146 cm³/mol. The van der Waals surface area contributed by atoms with E-state index < -0.39 is 5.60 Å². The first kappa shape index (κ1) is 24.0. The van der Waals surface area contributed by atoms with E-state index in [1.807, 2.05) is 43.3 Å². The first-order chi connectivity index (χ1) is 17.9. The van der Waals surface area contributed by atoms with Crippen LogP contribution in [0.5, 0.6) is 0 Å². The molecule has 0 aliphatic heterocycles. The smallest absolute Gasteiger partial charge is 0.163 e. The monoisotopic (exact) mass is 487 g/mol. The molecule has 2 aromatic carbocycles. The molecule has 0 saturated heterocycles. The minimum Gasteiger partial charge on any atom is -0.377 e. The molecule has 6 atom stereocenters. The molecule has 37 heavy (non-hydrogen) atoms. The number of allylic oxidation sites excluding steroid dienone is 4. The van der Waals surface area contributed by atoms with Gasteiger partial charge in [0.2, 0.25) is 0 Å². The Kier molecular flexibility index (Phi) is 5.74. The Bertz CT molecular complexity index is 1430. The molecular weight excluding hydrogens is 454 g/mol. The van der Waals surface area contributed by atoms with Gasteiger partial charge in [0.1, 0.15) is 5.60 Å². The van der Waals surface area contributed by atoms with Crippen molar-refractivity contribution >= 4 is 11.4 Å². The highest BCUT2D eigenvalue weighted by Gasteiger charge is 2.61. The number of carbonyl (C=O) groups is 1. The van der Waals surface area contributed by atoms with Gasteiger partial charge in [0.05, 0.1) is 11.6 Å². The van der Waals surface area contributed by atoms with Crippen molar-refractivity contribution in [3.8, 4) is 29.0 Å². The summed E-state index contributed by atoms with van der Waals surface area (Å²) in [6, 6.07) is 18.0. The van der Waals surface area contributed by atoms with Crippen molar-refractivity contribution < 1.29 is 9.90 Å². The van der Waals surface area contributed by atoms with Crippen LogP contribution in [0.25, 0.3) is 16.7 Å². The molecule has 0 bridgehead atoms. The fourth-order valence-corrected chi connectivity index (χ4v) is 8.16. The van der Waals surface area contributed by atoms with Crippen LogP contribution in [-0.4, -0.2) is 16.5 Å². The van der Waals surface area contributed by atoms with E-state index in [-0.39, 0.29) is 11.2 Å². The van der Waals surface area contributed by atoms with Gasteiger partial charge in [0.15, 0.2) is 5.78 Å². The fourth-order valence-electron chi connectivity index (χ4n) is 8.16. The third-order valence-electron chi connectivity index (χ3n) is 10.1. The summed E-state index contributed by atoms with van der Waals surface area (Å²) in [6.07, 6.45) is 9.90. The molecule has 4 aliphatic carbocycles. The van der Waals surface area contributed by atoms with Crippen LogP contribution in [-0.2, 0) is 4.79 Å². The molecule has 0 heterocycles. The molecule has 2 fully saturated rings. The Labute approximate surface area is 219 Å². The average Bonchev–Trinajstić information content (AvgIpc) is 3.19. The summed E-state index contributed by atoms with van der Waals surface area (Å²) < 4.78 is 0. The predicted octanol–water partition coefficient (Wildman–Crippen LogP) is 6.72. The number of fused-ring (bicyclic) bond motifs is 5. The van der Waals surface area contributed by atoms with Crippen molar-refractivity contribution in [2.24, 2.45) is 29.1 Å². The molecule has 0 amide bonds. The summed E-state index contributed by atoms with van der Waals surface area (Å²) in [7, 11) is 0. The lowest BCUT2D eigenvalue weighted by molar-refractivity contribution is -0.114. The minimum atomic E-state index is -0.894. The van der Waals surface area contributed by atoms with Crippen LogP contribution in [0.4, 0.5) is 0 Å². The van der Waals surface area contributed by atoms with E-state index in [4.69, 9.17) is 0 Å². The SMILES string of the molecule is CC#C[C@]1(O)CC[C@H]2[C@@H]3C=CC4=C(c5ccccc5-c5ccc(C#N)cc5)C(=O)CC[C@@H]4[C@H]3CC[C@@]21C. The van der Waals surface area contributed by atoms with E-state index in [9.17, 15) is 15.2 Å². The van der Waals surface area contributed by atoms with Gasteiger partial charge in [0.25, 0.3) is 0 Å². The van der Waals surface area contributed by atoms with Crippen molar-refractivity contribution in [1.82, 2.24) is 0 Å². The van der Waals surface area contributed by atoms with Gasteiger partial charge in [-0.05, 0) is 97.1 Å². The molecule has 3 heteroatoms. The van der Waals surface area contributed by atoms with Crippen molar-refractivity contribution in [3.63, 3.8) is 0 Å². The van der Waals surface area contributed by atoms with Crippen molar-refractivity contribution in [2.45, 2.75) is 58.0 Å². The highest BCUT2D eigenvalue weighted by atomic mass is 16.3. The normalized spacial score (nSPS) is 34.1. The average molecular weight is 488 g/mol. The Morgan fingerprint density at radius 3 is 2.49 bits per heavy atom. The van der Waals surface area contributed by atoms with E-state index in [0.29, 0.717) is 35.7 Å². The fraction of sp³-hybridized carbons (Fsp3) is 0.412. The summed E-state index contributed by atoms with van der Waals surface area (Å²) in [4.78, 5) is 13.5. The first-order valence-corrected chi connectivity index (χ1v) is 13.6. The third-order valence-corrected chi connectivity index (χ3v) is 10.1. The van der Waals surface area contributed by atoms with Gasteiger partial charge in [-0.25, -0.2) is 0 Å². The van der Waals surface area contributed by atoms with Crippen LogP contribution in [0.3, 0.4) is 0 Å². The van der Waals surface area contributed by atoms with Gasteiger partial charge in [-0.15, -0.1) is 5.92 Å². The summed E-state index contributed by atoms with van der Waals surface area (Å²) in [6.45, 7) is 4.09. The molecule has 6 rings (SSSR count). The Morgan fingerprint density at radius 2 is 1.76 bits per heavy atom. The number of benzene rings is 2. The van der Waals surface area contributed by atoms with Gasteiger partial charge in [-0.1, -0.05) is 61.4 Å². The van der Waals surface area contributed by atoms with E-state index >= 15 is 0 Å². The summed E-state index contributed by atoms with van der Waals surface area (Å²) in [5.74, 6) is 8.12. The number of nitrogens with zero attached hydrogens (tertiary/aromatic N) is 1. The number of rotatable bonds is 2. The maximum absolute atomic E-state index is 13.5. The molecule has 186 valence electrons. The maximum atomic E-state index is 13.5. The molecule has 0 aromatic heterocycles. The molecule has 0 spiro atoms. The Morgan fingerprint density at radius 1 is 1.00 bits per heavy atom. The number of carbonyl (C=O) groups excluding carboxylic acids is 1. The third kappa shape index (κ3) is 3.56. The van der Waals surface area contributed by atoms with E-state index in [1.54, 1.807) is 0 Å². The quantitative estimate of drug-likeness (QED) is 0.478. The van der Waals surface area contributed by atoms with Crippen molar-refractivity contribution in [3.05, 3.63) is 77.4 Å². The second-order valence-corrected chi connectivity index (χ2v) is 11.6. The molecule has 3 nitrogen and oxygen atoms in total. The minimum absolute atomic E-state index is 0.182. The Hall–Kier alpha value is -3.40. The zero-order valence-corrected chi connectivity index (χ0v) is 21.6. The van der Waals surface area contributed by atoms with Gasteiger partial charge in [-0.2, -0.15) is 5.26 Å². The van der Waals surface area contributed by atoms with E-state index in [0.717, 1.165) is 54.4 Å². The van der Waals surface area contributed by atoms with Crippen molar-refractivity contribution in [1.29, 1.82) is 5.26 Å². The summed E-state index contributed by atoms with van der Waals surface area (Å²) in [5, 5.41) is 20.7. The highest BCUT2D eigenvalue weighted by molar-refractivity contribution is 6.24. The number of aliphatic hydroxyl groups is 1. The van der Waals surface area contributed by atoms with E-state index in [1.165, 1.54) is 5.57 Å². The molecule has 0 unspecified atom stereocenters. The maximum Gasteiger partial charge on any atom is 0.163 e. The van der Waals surface area contributed by atoms with Crippen LogP contribution >= 0.6 is 0 Å². The van der Waals surface area contributed by atoms with Crippen LogP contribution in [0.2, 0.25) is 0 Å². The molecule has 2 aromatic rings. The van der Waals surface area contributed by atoms with Gasteiger partial charge in [-0.3, -0.25) is 4.79 Å².